The Morgan fingerprint density at radius 1 is 1.13 bits per heavy atom. The predicted octanol–water partition coefficient (Wildman–Crippen LogP) is 3.51. The van der Waals surface area contributed by atoms with Crippen molar-refractivity contribution in [2.45, 2.75) is 74.3 Å². The number of benzene rings is 1. The number of fused-ring (bicyclic) bond motifs is 2. The van der Waals surface area contributed by atoms with Gasteiger partial charge in [-0.05, 0) is 51.6 Å². The number of methoxy groups -OCH3 is 2. The van der Waals surface area contributed by atoms with Crippen LogP contribution in [0.5, 0.6) is 0 Å². The van der Waals surface area contributed by atoms with Crippen LogP contribution >= 0.6 is 11.8 Å². The zero-order valence-corrected chi connectivity index (χ0v) is 24.3. The Balaban J connectivity index is 1.72. The number of aliphatic imine (C=N–C) groups is 1. The lowest BCUT2D eigenvalue weighted by Gasteiger charge is -2.52. The summed E-state index contributed by atoms with van der Waals surface area (Å²) < 4.78 is 62.4. The van der Waals surface area contributed by atoms with E-state index in [1.807, 2.05) is 0 Å². The number of thioether (sulfide) groups is 1. The van der Waals surface area contributed by atoms with Crippen molar-refractivity contribution in [2.75, 3.05) is 27.0 Å². The molecule has 0 radical (unpaired) electrons. The molecule has 1 amide bonds. The van der Waals surface area contributed by atoms with E-state index in [0.29, 0.717) is 10.9 Å². The van der Waals surface area contributed by atoms with Crippen molar-refractivity contribution in [3.8, 4) is 0 Å². The SMILES string of the molecule is COC1(C)OC2=C3N=C(N(C)C(=O)OC(C)(C)C)SC3OC(CS(=O)(=O)c3ccccc3)C2OC1(C)OC. The molecule has 0 aromatic heterocycles. The molecule has 210 valence electrons. The largest absolute Gasteiger partial charge is 0.456 e. The van der Waals surface area contributed by atoms with Gasteiger partial charge in [0.25, 0.3) is 5.79 Å². The quantitative estimate of drug-likeness (QED) is 0.520. The zero-order valence-electron chi connectivity index (χ0n) is 22.7. The highest BCUT2D eigenvalue weighted by Crippen LogP contribution is 2.49. The van der Waals surface area contributed by atoms with Gasteiger partial charge in [-0.25, -0.2) is 18.2 Å². The number of ether oxygens (including phenoxy) is 6. The van der Waals surface area contributed by atoms with Gasteiger partial charge in [0, 0.05) is 28.2 Å². The fourth-order valence-electron chi connectivity index (χ4n) is 4.12. The lowest BCUT2D eigenvalue weighted by molar-refractivity contribution is -0.421. The van der Waals surface area contributed by atoms with Gasteiger partial charge in [0.2, 0.25) is 5.79 Å². The number of hydrogen-bond donors (Lipinski definition) is 0. The summed E-state index contributed by atoms with van der Waals surface area (Å²) >= 11 is 1.14. The van der Waals surface area contributed by atoms with Crippen molar-refractivity contribution in [1.29, 1.82) is 0 Å². The molecule has 1 aromatic rings. The molecule has 38 heavy (non-hydrogen) atoms. The summed E-state index contributed by atoms with van der Waals surface area (Å²) in [5.74, 6) is -2.94. The summed E-state index contributed by atoms with van der Waals surface area (Å²) in [5.41, 5.74) is -1.10. The normalized spacial score (nSPS) is 31.2. The van der Waals surface area contributed by atoms with Crippen molar-refractivity contribution in [3.05, 3.63) is 41.8 Å². The van der Waals surface area contributed by atoms with Crippen LogP contribution < -0.4 is 0 Å². The summed E-state index contributed by atoms with van der Waals surface area (Å²) in [6.45, 7) is 8.60. The Morgan fingerprint density at radius 2 is 1.76 bits per heavy atom. The maximum absolute atomic E-state index is 13.3. The van der Waals surface area contributed by atoms with Crippen LogP contribution in [0.4, 0.5) is 4.79 Å². The first kappa shape index (κ1) is 28.8. The first-order valence-electron chi connectivity index (χ1n) is 12.0. The molecule has 1 saturated heterocycles. The van der Waals surface area contributed by atoms with Crippen molar-refractivity contribution >= 4 is 32.9 Å². The third-order valence-electron chi connectivity index (χ3n) is 6.50. The summed E-state index contributed by atoms with van der Waals surface area (Å²) in [6.07, 6.45) is -2.56. The molecule has 0 saturated carbocycles. The van der Waals surface area contributed by atoms with Gasteiger partial charge in [-0.15, -0.1) is 0 Å². The number of rotatable bonds is 5. The summed E-state index contributed by atoms with van der Waals surface area (Å²) in [6, 6.07) is 8.11. The van der Waals surface area contributed by atoms with E-state index in [2.05, 4.69) is 4.99 Å². The number of hydrogen-bond acceptors (Lipinski definition) is 11. The van der Waals surface area contributed by atoms with Gasteiger partial charge in [-0.3, -0.25) is 4.90 Å². The van der Waals surface area contributed by atoms with Crippen LogP contribution in [0.15, 0.2) is 51.7 Å². The molecule has 5 unspecified atom stereocenters. The Bertz CT molecular complexity index is 1250. The second-order valence-electron chi connectivity index (χ2n) is 10.3. The molecule has 1 aromatic carbocycles. The topological polar surface area (TPSA) is 122 Å². The van der Waals surface area contributed by atoms with Gasteiger partial charge in [0.15, 0.2) is 26.2 Å². The zero-order chi connectivity index (χ0) is 28.1. The molecule has 4 rings (SSSR count). The third-order valence-corrected chi connectivity index (χ3v) is 9.38. The Morgan fingerprint density at radius 3 is 2.34 bits per heavy atom. The Labute approximate surface area is 227 Å². The lowest BCUT2D eigenvalue weighted by Crippen LogP contribution is -2.65. The lowest BCUT2D eigenvalue weighted by atomic mass is 10.0. The molecule has 3 heterocycles. The van der Waals surface area contributed by atoms with E-state index >= 15 is 0 Å². The van der Waals surface area contributed by atoms with E-state index in [-0.39, 0.29) is 16.4 Å². The van der Waals surface area contributed by atoms with E-state index in [1.54, 1.807) is 52.8 Å². The van der Waals surface area contributed by atoms with E-state index in [9.17, 15) is 13.2 Å². The number of carbonyl (C=O) groups excluding carboxylic acids is 1. The molecule has 11 nitrogen and oxygen atoms in total. The van der Waals surface area contributed by atoms with Crippen molar-refractivity contribution in [3.63, 3.8) is 0 Å². The van der Waals surface area contributed by atoms with Crippen LogP contribution in [-0.4, -0.2) is 86.4 Å². The fourth-order valence-corrected chi connectivity index (χ4v) is 6.63. The fraction of sp³-hybridized carbons (Fsp3) is 0.600. The van der Waals surface area contributed by atoms with Crippen LogP contribution in [0.25, 0.3) is 0 Å². The molecule has 3 aliphatic heterocycles. The summed E-state index contributed by atoms with van der Waals surface area (Å²) in [7, 11) is 0.667. The van der Waals surface area contributed by atoms with E-state index in [1.165, 1.54) is 38.3 Å². The van der Waals surface area contributed by atoms with Crippen LogP contribution in [0, 0.1) is 0 Å². The van der Waals surface area contributed by atoms with Gasteiger partial charge >= 0.3 is 6.09 Å². The van der Waals surface area contributed by atoms with Gasteiger partial charge in [-0.1, -0.05) is 18.2 Å². The molecule has 0 bridgehead atoms. The van der Waals surface area contributed by atoms with E-state index in [0.717, 1.165) is 11.8 Å². The van der Waals surface area contributed by atoms with E-state index in [4.69, 9.17) is 28.4 Å². The molecule has 5 atom stereocenters. The number of sulfone groups is 1. The highest BCUT2D eigenvalue weighted by atomic mass is 32.2. The summed E-state index contributed by atoms with van der Waals surface area (Å²) in [4.78, 5) is 18.7. The van der Waals surface area contributed by atoms with E-state index < -0.39 is 50.7 Å². The van der Waals surface area contributed by atoms with Crippen molar-refractivity contribution in [2.24, 2.45) is 4.99 Å². The first-order valence-corrected chi connectivity index (χ1v) is 14.5. The Kier molecular flexibility index (Phi) is 7.67. The van der Waals surface area contributed by atoms with Crippen LogP contribution in [-0.2, 0) is 38.3 Å². The van der Waals surface area contributed by atoms with Crippen molar-refractivity contribution in [1.82, 2.24) is 4.90 Å². The Hall–Kier alpha value is -2.16. The van der Waals surface area contributed by atoms with Crippen molar-refractivity contribution < 1.29 is 41.6 Å². The number of nitrogens with zero attached hydrogens (tertiary/aromatic N) is 2. The molecule has 1 fully saturated rings. The second kappa shape index (κ2) is 10.1. The van der Waals surface area contributed by atoms with Crippen LogP contribution in [0.2, 0.25) is 0 Å². The molecule has 0 N–H and O–H groups in total. The molecule has 0 spiro atoms. The van der Waals surface area contributed by atoms with Crippen LogP contribution in [0.1, 0.15) is 34.6 Å². The molecule has 13 heteroatoms. The van der Waals surface area contributed by atoms with Crippen LogP contribution in [0.3, 0.4) is 0 Å². The molecular weight excluding hydrogens is 536 g/mol. The maximum atomic E-state index is 13.3. The molecular formula is C25H34N2O9S2. The highest BCUT2D eigenvalue weighted by Gasteiger charge is 2.61. The minimum Gasteiger partial charge on any atom is -0.456 e. The summed E-state index contributed by atoms with van der Waals surface area (Å²) in [5, 5.41) is 0.305. The smallest absolute Gasteiger partial charge is 0.416 e. The van der Waals surface area contributed by atoms with Gasteiger partial charge < -0.3 is 28.4 Å². The van der Waals surface area contributed by atoms with Gasteiger partial charge in [0.05, 0.1) is 10.6 Å². The monoisotopic (exact) mass is 570 g/mol. The number of amides is 1. The minimum atomic E-state index is -3.77. The number of carbonyl (C=O) groups is 1. The molecule has 3 aliphatic rings. The van der Waals surface area contributed by atoms with Gasteiger partial charge in [-0.2, -0.15) is 0 Å². The van der Waals surface area contributed by atoms with Gasteiger partial charge in [0.1, 0.15) is 23.5 Å². The first-order chi connectivity index (χ1) is 17.6. The predicted molar refractivity (Wildman–Crippen MR) is 140 cm³/mol. The minimum absolute atomic E-state index is 0.161. The second-order valence-corrected chi connectivity index (χ2v) is 13.4. The highest BCUT2D eigenvalue weighted by molar-refractivity contribution is 8.14. The number of amidine groups is 1. The standard InChI is InChI=1S/C25H34N2O9S2/c1-23(2,3)36-22(28)27(6)21-26-17-19-18(34-24(4,31-7)25(5,32-8)35-19)16(33-20(17)37-21)14-38(29,30)15-12-10-9-11-13-15/h9-13,16,18,20H,14H2,1-8H3. The average Bonchev–Trinajstić information content (AvgIpc) is 3.28. The average molecular weight is 571 g/mol. The third kappa shape index (κ3) is 5.32. The maximum Gasteiger partial charge on any atom is 0.416 e. The molecule has 0 aliphatic carbocycles.